The number of pyridine rings is 1. The lowest BCUT2D eigenvalue weighted by atomic mass is 10.1. The summed E-state index contributed by atoms with van der Waals surface area (Å²) in [6, 6.07) is 3.04. The molecule has 0 aromatic carbocycles. The highest BCUT2D eigenvalue weighted by molar-refractivity contribution is 5.85. The molecule has 1 saturated heterocycles. The van der Waals surface area contributed by atoms with E-state index >= 15 is 0 Å². The van der Waals surface area contributed by atoms with Gasteiger partial charge in [-0.1, -0.05) is 0 Å². The van der Waals surface area contributed by atoms with Crippen LogP contribution in [0.25, 0.3) is 0 Å². The average Bonchev–Trinajstić information content (AvgIpc) is 2.67. The first-order valence-corrected chi connectivity index (χ1v) is 5.96. The average molecular weight is 251 g/mol. The SMILES string of the molecule is CC1(C)CCC(COc2ccc(C(=O)O)nc2)O1. The lowest BCUT2D eigenvalue weighted by Gasteiger charge is -2.19. The molecule has 18 heavy (non-hydrogen) atoms. The third-order valence-electron chi connectivity index (χ3n) is 2.95. The number of aromatic nitrogens is 1. The first-order chi connectivity index (χ1) is 8.46. The zero-order chi connectivity index (χ0) is 13.2. The molecule has 1 aromatic heterocycles. The predicted octanol–water partition coefficient (Wildman–Crippen LogP) is 2.12. The topological polar surface area (TPSA) is 68.7 Å². The van der Waals surface area contributed by atoms with E-state index < -0.39 is 5.97 Å². The summed E-state index contributed by atoms with van der Waals surface area (Å²) in [5.74, 6) is -0.476. The zero-order valence-corrected chi connectivity index (χ0v) is 10.5. The molecule has 1 aliphatic heterocycles. The van der Waals surface area contributed by atoms with Gasteiger partial charge in [-0.15, -0.1) is 0 Å². The van der Waals surface area contributed by atoms with Gasteiger partial charge < -0.3 is 14.6 Å². The number of rotatable bonds is 4. The number of hydrogen-bond acceptors (Lipinski definition) is 4. The first kappa shape index (κ1) is 12.8. The highest BCUT2D eigenvalue weighted by atomic mass is 16.6. The molecule has 5 heteroatoms. The molecule has 0 radical (unpaired) electrons. The van der Waals surface area contributed by atoms with Crippen LogP contribution in [0, 0.1) is 0 Å². The summed E-state index contributed by atoms with van der Waals surface area (Å²) in [7, 11) is 0. The van der Waals surface area contributed by atoms with Crippen molar-refractivity contribution in [1.29, 1.82) is 0 Å². The van der Waals surface area contributed by atoms with Crippen LogP contribution in [0.1, 0.15) is 37.2 Å². The fourth-order valence-electron chi connectivity index (χ4n) is 1.98. The highest BCUT2D eigenvalue weighted by Gasteiger charge is 2.31. The second kappa shape index (κ2) is 4.94. The molecule has 5 nitrogen and oxygen atoms in total. The van der Waals surface area contributed by atoms with E-state index in [0.717, 1.165) is 12.8 Å². The molecule has 2 heterocycles. The van der Waals surface area contributed by atoms with Gasteiger partial charge in [-0.2, -0.15) is 0 Å². The predicted molar refractivity (Wildman–Crippen MR) is 64.9 cm³/mol. The van der Waals surface area contributed by atoms with E-state index in [2.05, 4.69) is 18.8 Å². The van der Waals surface area contributed by atoms with Gasteiger partial charge in [-0.3, -0.25) is 0 Å². The molecular formula is C13H17NO4. The Morgan fingerprint density at radius 3 is 2.89 bits per heavy atom. The summed E-state index contributed by atoms with van der Waals surface area (Å²) in [6.07, 6.45) is 3.52. The van der Waals surface area contributed by atoms with Crippen molar-refractivity contribution >= 4 is 5.97 Å². The minimum Gasteiger partial charge on any atom is -0.489 e. The summed E-state index contributed by atoms with van der Waals surface area (Å²) < 4.78 is 11.3. The molecular weight excluding hydrogens is 234 g/mol. The third kappa shape index (κ3) is 3.20. The highest BCUT2D eigenvalue weighted by Crippen LogP contribution is 2.29. The molecule has 0 amide bonds. The summed E-state index contributed by atoms with van der Waals surface area (Å²) >= 11 is 0. The number of hydrogen-bond donors (Lipinski definition) is 1. The molecule has 0 bridgehead atoms. The minimum absolute atomic E-state index is 0.0144. The van der Waals surface area contributed by atoms with Crippen LogP contribution >= 0.6 is 0 Å². The Balaban J connectivity index is 1.85. The Morgan fingerprint density at radius 2 is 2.39 bits per heavy atom. The van der Waals surface area contributed by atoms with Crippen molar-refractivity contribution in [2.75, 3.05) is 6.61 Å². The summed E-state index contributed by atoms with van der Waals surface area (Å²) in [6.45, 7) is 4.60. The molecule has 1 aliphatic rings. The molecule has 1 unspecified atom stereocenters. The lowest BCUT2D eigenvalue weighted by Crippen LogP contribution is -2.23. The Labute approximate surface area is 106 Å². The van der Waals surface area contributed by atoms with Crippen LogP contribution in [0.15, 0.2) is 18.3 Å². The van der Waals surface area contributed by atoms with E-state index in [-0.39, 0.29) is 17.4 Å². The van der Waals surface area contributed by atoms with Crippen LogP contribution in [0.5, 0.6) is 5.75 Å². The van der Waals surface area contributed by atoms with Crippen LogP contribution in [-0.2, 0) is 4.74 Å². The molecule has 0 aliphatic carbocycles. The van der Waals surface area contributed by atoms with Crippen molar-refractivity contribution in [3.63, 3.8) is 0 Å². The maximum Gasteiger partial charge on any atom is 0.354 e. The Morgan fingerprint density at radius 1 is 1.61 bits per heavy atom. The van der Waals surface area contributed by atoms with Crippen LogP contribution in [0.2, 0.25) is 0 Å². The van der Waals surface area contributed by atoms with E-state index in [1.54, 1.807) is 6.07 Å². The van der Waals surface area contributed by atoms with Crippen molar-refractivity contribution in [2.24, 2.45) is 0 Å². The Hall–Kier alpha value is -1.62. The van der Waals surface area contributed by atoms with Crippen LogP contribution < -0.4 is 4.74 Å². The maximum atomic E-state index is 10.6. The fourth-order valence-corrected chi connectivity index (χ4v) is 1.98. The van der Waals surface area contributed by atoms with Gasteiger partial charge in [0.05, 0.1) is 17.9 Å². The van der Waals surface area contributed by atoms with Crippen molar-refractivity contribution in [3.05, 3.63) is 24.0 Å². The van der Waals surface area contributed by atoms with Gasteiger partial charge in [0, 0.05) is 0 Å². The normalized spacial score (nSPS) is 21.8. The van der Waals surface area contributed by atoms with Crippen molar-refractivity contribution < 1.29 is 19.4 Å². The molecule has 0 saturated carbocycles. The number of carboxylic acid groups (broad SMARTS) is 1. The molecule has 1 atom stereocenters. The maximum absolute atomic E-state index is 10.6. The number of nitrogens with zero attached hydrogens (tertiary/aromatic N) is 1. The number of carboxylic acids is 1. The number of carbonyl (C=O) groups is 1. The first-order valence-electron chi connectivity index (χ1n) is 5.96. The van der Waals surface area contributed by atoms with Crippen LogP contribution in [-0.4, -0.2) is 34.4 Å². The van der Waals surface area contributed by atoms with Crippen LogP contribution in [0.3, 0.4) is 0 Å². The molecule has 1 fully saturated rings. The zero-order valence-electron chi connectivity index (χ0n) is 10.5. The van der Waals surface area contributed by atoms with E-state index in [4.69, 9.17) is 14.6 Å². The second-order valence-corrected chi connectivity index (χ2v) is 5.03. The van der Waals surface area contributed by atoms with Crippen molar-refractivity contribution in [2.45, 2.75) is 38.4 Å². The van der Waals surface area contributed by atoms with E-state index in [0.29, 0.717) is 12.4 Å². The van der Waals surface area contributed by atoms with Gasteiger partial charge in [0.2, 0.25) is 0 Å². The summed E-state index contributed by atoms with van der Waals surface area (Å²) in [5, 5.41) is 8.71. The number of ether oxygens (including phenoxy) is 2. The van der Waals surface area contributed by atoms with Gasteiger partial charge in [0.1, 0.15) is 18.1 Å². The van der Waals surface area contributed by atoms with Gasteiger partial charge in [-0.05, 0) is 38.8 Å². The molecule has 2 rings (SSSR count). The number of aromatic carboxylic acids is 1. The van der Waals surface area contributed by atoms with Crippen molar-refractivity contribution in [1.82, 2.24) is 4.98 Å². The molecule has 1 N–H and O–H groups in total. The lowest BCUT2D eigenvalue weighted by molar-refractivity contribution is -0.0327. The monoisotopic (exact) mass is 251 g/mol. The smallest absolute Gasteiger partial charge is 0.354 e. The van der Waals surface area contributed by atoms with E-state index in [1.165, 1.54) is 12.3 Å². The Kier molecular flexibility index (Phi) is 3.52. The van der Waals surface area contributed by atoms with E-state index in [9.17, 15) is 4.79 Å². The minimum atomic E-state index is -1.04. The summed E-state index contributed by atoms with van der Waals surface area (Å²) in [4.78, 5) is 14.4. The molecule has 0 spiro atoms. The summed E-state index contributed by atoms with van der Waals surface area (Å²) in [5.41, 5.74) is -0.0556. The second-order valence-electron chi connectivity index (χ2n) is 5.03. The molecule has 98 valence electrons. The fraction of sp³-hybridized carbons (Fsp3) is 0.538. The van der Waals surface area contributed by atoms with Crippen molar-refractivity contribution in [3.8, 4) is 5.75 Å². The van der Waals surface area contributed by atoms with Crippen LogP contribution in [0.4, 0.5) is 0 Å². The largest absolute Gasteiger partial charge is 0.489 e. The standard InChI is InChI=1S/C13H17NO4/c1-13(2)6-5-10(18-13)8-17-9-3-4-11(12(15)16)14-7-9/h3-4,7,10H,5-6,8H2,1-2H3,(H,15,16). The van der Waals surface area contributed by atoms with E-state index in [1.807, 2.05) is 0 Å². The Bertz CT molecular complexity index is 427. The van der Waals surface area contributed by atoms with Gasteiger partial charge >= 0.3 is 5.97 Å². The molecule has 1 aromatic rings. The van der Waals surface area contributed by atoms with Gasteiger partial charge in [0.25, 0.3) is 0 Å². The van der Waals surface area contributed by atoms with Gasteiger partial charge in [-0.25, -0.2) is 9.78 Å². The third-order valence-corrected chi connectivity index (χ3v) is 2.95. The quantitative estimate of drug-likeness (QED) is 0.887. The van der Waals surface area contributed by atoms with Gasteiger partial charge in [0.15, 0.2) is 0 Å².